The molecule has 2 atom stereocenters. The zero-order chi connectivity index (χ0) is 17.6. The zero-order valence-electron chi connectivity index (χ0n) is 15.1. The van der Waals surface area contributed by atoms with Gasteiger partial charge in [0.15, 0.2) is 11.5 Å². The number of amides is 1. The number of rotatable bonds is 7. The summed E-state index contributed by atoms with van der Waals surface area (Å²) in [4.78, 5) is 12.4. The molecule has 2 saturated carbocycles. The molecule has 0 heterocycles. The molecule has 0 aromatic heterocycles. The van der Waals surface area contributed by atoms with E-state index >= 15 is 0 Å². The smallest absolute Gasteiger partial charge is 0.223 e. The van der Waals surface area contributed by atoms with Crippen LogP contribution in [-0.2, 0) is 11.3 Å². The van der Waals surface area contributed by atoms with E-state index in [0.717, 1.165) is 49.2 Å². The van der Waals surface area contributed by atoms with Crippen molar-refractivity contribution in [2.24, 2.45) is 17.6 Å². The van der Waals surface area contributed by atoms with Crippen LogP contribution in [0.3, 0.4) is 0 Å². The molecule has 1 aromatic rings. The summed E-state index contributed by atoms with van der Waals surface area (Å²) in [6.45, 7) is 1.10. The quantitative estimate of drug-likeness (QED) is 0.796. The van der Waals surface area contributed by atoms with Gasteiger partial charge in [-0.3, -0.25) is 4.79 Å². The van der Waals surface area contributed by atoms with E-state index in [0.29, 0.717) is 25.1 Å². The summed E-state index contributed by atoms with van der Waals surface area (Å²) >= 11 is 0. The van der Waals surface area contributed by atoms with Gasteiger partial charge in [-0.2, -0.15) is 0 Å². The monoisotopic (exact) mass is 346 g/mol. The van der Waals surface area contributed by atoms with E-state index in [-0.39, 0.29) is 11.8 Å². The number of nitrogens with two attached hydrogens (primary N) is 1. The fourth-order valence-corrected chi connectivity index (χ4v) is 4.09. The Hall–Kier alpha value is -1.75. The Labute approximate surface area is 150 Å². The maximum absolute atomic E-state index is 12.4. The van der Waals surface area contributed by atoms with E-state index in [2.05, 4.69) is 5.32 Å². The Kier molecular flexibility index (Phi) is 6.19. The first-order chi connectivity index (χ1) is 12.2. The van der Waals surface area contributed by atoms with Crippen LogP contribution in [0.4, 0.5) is 0 Å². The van der Waals surface area contributed by atoms with Gasteiger partial charge >= 0.3 is 0 Å². The minimum atomic E-state index is 0.0665. The van der Waals surface area contributed by atoms with Gasteiger partial charge in [0.05, 0.1) is 13.2 Å². The summed E-state index contributed by atoms with van der Waals surface area (Å²) in [6.07, 6.45) is 8.12. The number of benzene rings is 1. The van der Waals surface area contributed by atoms with Crippen molar-refractivity contribution in [3.63, 3.8) is 0 Å². The first kappa shape index (κ1) is 18.1. The first-order valence-electron chi connectivity index (χ1n) is 9.52. The second kappa shape index (κ2) is 8.56. The average molecular weight is 346 g/mol. The van der Waals surface area contributed by atoms with Gasteiger partial charge in [-0.25, -0.2) is 0 Å². The van der Waals surface area contributed by atoms with Gasteiger partial charge in [-0.1, -0.05) is 12.5 Å². The highest BCUT2D eigenvalue weighted by atomic mass is 16.5. The highest BCUT2D eigenvalue weighted by Crippen LogP contribution is 2.33. The Bertz CT molecular complexity index is 584. The average Bonchev–Trinajstić information content (AvgIpc) is 3.31. The molecule has 2 fully saturated rings. The second-order valence-corrected chi connectivity index (χ2v) is 7.26. The third-order valence-electron chi connectivity index (χ3n) is 5.59. The van der Waals surface area contributed by atoms with Gasteiger partial charge in [0, 0.05) is 12.5 Å². The standard InChI is InChI=1S/C20H30N2O3/c1-24-19-11-14(9-10-18(19)25-16-6-2-3-7-16)13-22-20(23)17-8-4-5-15(17)12-21/h9-11,15-17H,2-8,12-13,21H2,1H3,(H,22,23)/t15-,17-/m1/s1. The number of carbonyl (C=O) groups is 1. The third-order valence-corrected chi connectivity index (χ3v) is 5.59. The largest absolute Gasteiger partial charge is 0.493 e. The molecule has 2 aliphatic rings. The van der Waals surface area contributed by atoms with Crippen LogP contribution >= 0.6 is 0 Å². The molecule has 2 aliphatic carbocycles. The lowest BCUT2D eigenvalue weighted by Crippen LogP contribution is -2.34. The molecule has 25 heavy (non-hydrogen) atoms. The molecular weight excluding hydrogens is 316 g/mol. The van der Waals surface area contributed by atoms with Crippen LogP contribution in [0.25, 0.3) is 0 Å². The molecule has 3 N–H and O–H groups in total. The molecule has 0 saturated heterocycles. The van der Waals surface area contributed by atoms with E-state index in [9.17, 15) is 4.79 Å². The summed E-state index contributed by atoms with van der Waals surface area (Å²) in [5.74, 6) is 2.05. The van der Waals surface area contributed by atoms with Crippen molar-refractivity contribution in [1.82, 2.24) is 5.32 Å². The van der Waals surface area contributed by atoms with Crippen LogP contribution in [-0.4, -0.2) is 25.7 Å². The van der Waals surface area contributed by atoms with Gasteiger partial charge in [0.2, 0.25) is 5.91 Å². The molecule has 0 aliphatic heterocycles. The van der Waals surface area contributed by atoms with Gasteiger partial charge in [-0.15, -0.1) is 0 Å². The van der Waals surface area contributed by atoms with Crippen LogP contribution < -0.4 is 20.5 Å². The summed E-state index contributed by atoms with van der Waals surface area (Å²) in [5, 5.41) is 3.06. The van der Waals surface area contributed by atoms with Crippen molar-refractivity contribution in [2.45, 2.75) is 57.6 Å². The lowest BCUT2D eigenvalue weighted by atomic mass is 9.95. The lowest BCUT2D eigenvalue weighted by molar-refractivity contribution is -0.126. The number of methoxy groups -OCH3 is 1. The third kappa shape index (κ3) is 4.46. The van der Waals surface area contributed by atoms with Gasteiger partial charge in [0.25, 0.3) is 0 Å². The predicted octanol–water partition coefficient (Wildman–Crippen LogP) is 3.01. The number of nitrogens with one attached hydrogen (secondary N) is 1. The Morgan fingerprint density at radius 1 is 1.16 bits per heavy atom. The molecule has 0 bridgehead atoms. The molecule has 1 aromatic carbocycles. The van der Waals surface area contributed by atoms with E-state index < -0.39 is 0 Å². The maximum atomic E-state index is 12.4. The maximum Gasteiger partial charge on any atom is 0.223 e. The molecule has 5 heteroatoms. The summed E-state index contributed by atoms with van der Waals surface area (Å²) in [5.41, 5.74) is 6.80. The van der Waals surface area contributed by atoms with Gasteiger partial charge < -0.3 is 20.5 Å². The van der Waals surface area contributed by atoms with E-state index in [4.69, 9.17) is 15.2 Å². The van der Waals surface area contributed by atoms with Gasteiger partial charge in [0.1, 0.15) is 0 Å². The molecule has 138 valence electrons. The SMILES string of the molecule is COc1cc(CNC(=O)[C@@H]2CCC[C@@H]2CN)ccc1OC1CCCC1. The zero-order valence-corrected chi connectivity index (χ0v) is 15.1. The van der Waals surface area contributed by atoms with Crippen molar-refractivity contribution < 1.29 is 14.3 Å². The van der Waals surface area contributed by atoms with Crippen LogP contribution in [0.15, 0.2) is 18.2 Å². The molecule has 0 unspecified atom stereocenters. The second-order valence-electron chi connectivity index (χ2n) is 7.26. The van der Waals surface area contributed by atoms with Crippen LogP contribution in [0, 0.1) is 11.8 Å². The number of hydrogen-bond donors (Lipinski definition) is 2. The molecule has 0 radical (unpaired) electrons. The van der Waals surface area contributed by atoms with E-state index in [1.54, 1.807) is 7.11 Å². The highest BCUT2D eigenvalue weighted by Gasteiger charge is 2.31. The minimum Gasteiger partial charge on any atom is -0.493 e. The lowest BCUT2D eigenvalue weighted by Gasteiger charge is -2.18. The number of carbonyl (C=O) groups excluding carboxylic acids is 1. The normalized spacial score (nSPS) is 23.6. The molecule has 0 spiro atoms. The summed E-state index contributed by atoms with van der Waals surface area (Å²) < 4.78 is 11.5. The van der Waals surface area contributed by atoms with Crippen LogP contribution in [0.5, 0.6) is 11.5 Å². The molecule has 5 nitrogen and oxygen atoms in total. The summed E-state index contributed by atoms with van der Waals surface area (Å²) in [7, 11) is 1.66. The summed E-state index contributed by atoms with van der Waals surface area (Å²) in [6, 6.07) is 5.92. The Morgan fingerprint density at radius 3 is 2.68 bits per heavy atom. The van der Waals surface area contributed by atoms with E-state index in [1.807, 2.05) is 18.2 Å². The predicted molar refractivity (Wildman–Crippen MR) is 97.6 cm³/mol. The van der Waals surface area contributed by atoms with Crippen LogP contribution in [0.2, 0.25) is 0 Å². The molecule has 1 amide bonds. The highest BCUT2D eigenvalue weighted by molar-refractivity contribution is 5.79. The minimum absolute atomic E-state index is 0.0665. The van der Waals surface area contributed by atoms with E-state index in [1.165, 1.54) is 12.8 Å². The number of hydrogen-bond acceptors (Lipinski definition) is 4. The molecular formula is C20H30N2O3. The van der Waals surface area contributed by atoms with Crippen molar-refractivity contribution in [3.05, 3.63) is 23.8 Å². The van der Waals surface area contributed by atoms with Crippen molar-refractivity contribution in [3.8, 4) is 11.5 Å². The topological polar surface area (TPSA) is 73.6 Å². The van der Waals surface area contributed by atoms with Crippen molar-refractivity contribution >= 4 is 5.91 Å². The Balaban J connectivity index is 1.58. The van der Waals surface area contributed by atoms with Crippen molar-refractivity contribution in [1.29, 1.82) is 0 Å². The number of ether oxygens (including phenoxy) is 2. The van der Waals surface area contributed by atoms with Crippen molar-refractivity contribution in [2.75, 3.05) is 13.7 Å². The molecule has 3 rings (SSSR count). The van der Waals surface area contributed by atoms with Crippen LogP contribution in [0.1, 0.15) is 50.5 Å². The Morgan fingerprint density at radius 2 is 1.96 bits per heavy atom. The fourth-order valence-electron chi connectivity index (χ4n) is 4.09. The van der Waals surface area contributed by atoms with Gasteiger partial charge in [-0.05, 0) is 68.7 Å². The first-order valence-corrected chi connectivity index (χ1v) is 9.52. The fraction of sp³-hybridized carbons (Fsp3) is 0.650.